The van der Waals surface area contributed by atoms with Crippen LogP contribution in [0.4, 0.5) is 5.69 Å². The number of hydrogen-bond donors (Lipinski definition) is 1. The molecular weight excluding hydrogens is 262 g/mol. The lowest BCUT2D eigenvalue weighted by Crippen LogP contribution is -2.15. The van der Waals surface area contributed by atoms with Gasteiger partial charge >= 0.3 is 0 Å². The van der Waals surface area contributed by atoms with E-state index in [2.05, 4.69) is 24.3 Å². The van der Waals surface area contributed by atoms with Gasteiger partial charge in [-0.1, -0.05) is 30.3 Å². The first-order valence-corrected chi connectivity index (χ1v) is 7.55. The zero-order chi connectivity index (χ0) is 14.7. The summed E-state index contributed by atoms with van der Waals surface area (Å²) in [5.74, 6) is 1.40. The number of ether oxygens (including phenoxy) is 2. The summed E-state index contributed by atoms with van der Waals surface area (Å²) in [5.41, 5.74) is 9.41. The molecule has 1 unspecified atom stereocenters. The number of anilines is 1. The highest BCUT2D eigenvalue weighted by atomic mass is 16.5. The van der Waals surface area contributed by atoms with Crippen LogP contribution in [0.3, 0.4) is 0 Å². The molecule has 2 aromatic rings. The topological polar surface area (TPSA) is 44.5 Å². The molecule has 1 aliphatic carbocycles. The average molecular weight is 283 g/mol. The van der Waals surface area contributed by atoms with Crippen LogP contribution in [0.1, 0.15) is 37.0 Å². The highest BCUT2D eigenvalue weighted by molar-refractivity contribution is 5.62. The van der Waals surface area contributed by atoms with Crippen LogP contribution >= 0.6 is 0 Å². The number of para-hydroxylation sites is 1. The fourth-order valence-electron chi connectivity index (χ4n) is 2.89. The van der Waals surface area contributed by atoms with Gasteiger partial charge in [-0.15, -0.1) is 0 Å². The van der Waals surface area contributed by atoms with Gasteiger partial charge in [-0.25, -0.2) is 0 Å². The predicted octanol–water partition coefficient (Wildman–Crippen LogP) is 4.12. The molecule has 3 rings (SSSR count). The minimum atomic E-state index is 0.0779. The van der Waals surface area contributed by atoms with Gasteiger partial charge in [0.2, 0.25) is 0 Å². The molecule has 110 valence electrons. The Kier molecular flexibility index (Phi) is 4.00. The molecule has 0 fully saturated rings. The Morgan fingerprint density at radius 2 is 1.90 bits per heavy atom. The van der Waals surface area contributed by atoms with Gasteiger partial charge in [0.1, 0.15) is 23.3 Å². The predicted molar refractivity (Wildman–Crippen MR) is 84.8 cm³/mol. The van der Waals surface area contributed by atoms with Crippen LogP contribution in [0.5, 0.6) is 11.5 Å². The van der Waals surface area contributed by atoms with Crippen LogP contribution in [-0.4, -0.2) is 6.61 Å². The van der Waals surface area contributed by atoms with E-state index in [9.17, 15) is 0 Å². The molecule has 2 aromatic carbocycles. The first-order chi connectivity index (χ1) is 10.3. The number of nitrogens with two attached hydrogens (primary N) is 1. The van der Waals surface area contributed by atoms with E-state index < -0.39 is 0 Å². The summed E-state index contributed by atoms with van der Waals surface area (Å²) in [6.07, 6.45) is 3.38. The summed E-state index contributed by atoms with van der Waals surface area (Å²) >= 11 is 0. The molecule has 0 aliphatic heterocycles. The van der Waals surface area contributed by atoms with Crippen molar-refractivity contribution in [1.29, 1.82) is 0 Å². The third-order valence-electron chi connectivity index (χ3n) is 3.91. The molecular formula is C18H21NO2. The van der Waals surface area contributed by atoms with Crippen molar-refractivity contribution in [2.24, 2.45) is 0 Å². The van der Waals surface area contributed by atoms with Crippen molar-refractivity contribution < 1.29 is 9.47 Å². The Labute approximate surface area is 125 Å². The molecule has 0 radical (unpaired) electrons. The molecule has 0 saturated carbocycles. The minimum absolute atomic E-state index is 0.0779. The fraction of sp³-hybridized carbons (Fsp3) is 0.333. The molecule has 1 aliphatic rings. The molecule has 3 nitrogen and oxygen atoms in total. The molecule has 1 atom stereocenters. The van der Waals surface area contributed by atoms with Crippen LogP contribution in [0.2, 0.25) is 0 Å². The van der Waals surface area contributed by atoms with E-state index in [0.29, 0.717) is 23.8 Å². The number of aryl methyl sites for hydroxylation is 1. The third-order valence-corrected chi connectivity index (χ3v) is 3.91. The summed E-state index contributed by atoms with van der Waals surface area (Å²) in [7, 11) is 0. The zero-order valence-corrected chi connectivity index (χ0v) is 12.3. The Bertz CT molecular complexity index is 624. The monoisotopic (exact) mass is 283 g/mol. The molecule has 0 bridgehead atoms. The lowest BCUT2D eigenvalue weighted by molar-refractivity contribution is 0.184. The van der Waals surface area contributed by atoms with Crippen LogP contribution in [0.25, 0.3) is 0 Å². The summed E-state index contributed by atoms with van der Waals surface area (Å²) in [4.78, 5) is 0. The summed E-state index contributed by atoms with van der Waals surface area (Å²) in [6, 6.07) is 14.2. The molecule has 0 saturated heterocycles. The van der Waals surface area contributed by atoms with Crippen molar-refractivity contribution in [2.45, 2.75) is 32.3 Å². The van der Waals surface area contributed by atoms with Crippen LogP contribution in [0.15, 0.2) is 42.5 Å². The average Bonchev–Trinajstić information content (AvgIpc) is 2.52. The van der Waals surface area contributed by atoms with E-state index in [-0.39, 0.29) is 6.10 Å². The summed E-state index contributed by atoms with van der Waals surface area (Å²) in [6.45, 7) is 2.55. The second-order valence-electron chi connectivity index (χ2n) is 5.30. The molecule has 0 aromatic heterocycles. The van der Waals surface area contributed by atoms with Gasteiger partial charge in [0.15, 0.2) is 0 Å². The van der Waals surface area contributed by atoms with Gasteiger partial charge in [-0.2, -0.15) is 0 Å². The third kappa shape index (κ3) is 2.82. The van der Waals surface area contributed by atoms with Crippen LogP contribution < -0.4 is 15.2 Å². The van der Waals surface area contributed by atoms with E-state index in [1.807, 2.05) is 25.1 Å². The zero-order valence-electron chi connectivity index (χ0n) is 12.3. The molecule has 0 amide bonds. The van der Waals surface area contributed by atoms with Gasteiger partial charge in [0, 0.05) is 0 Å². The van der Waals surface area contributed by atoms with E-state index in [1.54, 1.807) is 0 Å². The normalized spacial score (nSPS) is 17.1. The number of fused-ring (bicyclic) bond motifs is 1. The lowest BCUT2D eigenvalue weighted by Gasteiger charge is -2.27. The van der Waals surface area contributed by atoms with Crippen molar-refractivity contribution in [1.82, 2.24) is 0 Å². The van der Waals surface area contributed by atoms with E-state index in [4.69, 9.17) is 15.2 Å². The quantitative estimate of drug-likeness (QED) is 0.858. The minimum Gasteiger partial charge on any atom is -0.492 e. The number of hydrogen-bond acceptors (Lipinski definition) is 3. The molecule has 0 heterocycles. The van der Waals surface area contributed by atoms with Crippen LogP contribution in [-0.2, 0) is 6.42 Å². The Morgan fingerprint density at radius 1 is 1.10 bits per heavy atom. The maximum absolute atomic E-state index is 6.19. The Balaban J connectivity index is 1.86. The van der Waals surface area contributed by atoms with Crippen LogP contribution in [0, 0.1) is 0 Å². The van der Waals surface area contributed by atoms with Crippen molar-refractivity contribution in [2.75, 3.05) is 12.3 Å². The van der Waals surface area contributed by atoms with Gasteiger partial charge in [-0.05, 0) is 49.4 Å². The van der Waals surface area contributed by atoms with Gasteiger partial charge in [-0.3, -0.25) is 0 Å². The fourth-order valence-corrected chi connectivity index (χ4v) is 2.89. The van der Waals surface area contributed by atoms with Gasteiger partial charge in [0.25, 0.3) is 0 Å². The van der Waals surface area contributed by atoms with E-state index in [1.165, 1.54) is 11.1 Å². The van der Waals surface area contributed by atoms with E-state index >= 15 is 0 Å². The highest BCUT2D eigenvalue weighted by Gasteiger charge is 2.22. The first kappa shape index (κ1) is 13.8. The maximum Gasteiger partial charge on any atom is 0.146 e. The smallest absolute Gasteiger partial charge is 0.146 e. The molecule has 3 heteroatoms. The van der Waals surface area contributed by atoms with Gasteiger partial charge < -0.3 is 15.2 Å². The van der Waals surface area contributed by atoms with Crippen molar-refractivity contribution in [3.8, 4) is 11.5 Å². The maximum atomic E-state index is 6.19. The summed E-state index contributed by atoms with van der Waals surface area (Å²) in [5, 5.41) is 0. The lowest BCUT2D eigenvalue weighted by atomic mass is 9.89. The van der Waals surface area contributed by atoms with E-state index in [0.717, 1.165) is 19.3 Å². The number of benzene rings is 2. The van der Waals surface area contributed by atoms with Crippen molar-refractivity contribution in [3.05, 3.63) is 53.6 Å². The second kappa shape index (κ2) is 6.08. The molecule has 0 spiro atoms. The standard InChI is InChI=1S/C18H21NO2/c1-2-20-16-11-6-12-17(18(16)19)21-15-10-5-8-13-7-3-4-9-14(13)15/h3-4,6-7,9,11-12,15H,2,5,8,10,19H2,1H3. The first-order valence-electron chi connectivity index (χ1n) is 7.55. The second-order valence-corrected chi connectivity index (χ2v) is 5.30. The Hall–Kier alpha value is -2.16. The summed E-state index contributed by atoms with van der Waals surface area (Å²) < 4.78 is 11.7. The van der Waals surface area contributed by atoms with Gasteiger partial charge in [0.05, 0.1) is 6.61 Å². The number of nitrogen functional groups attached to an aromatic ring is 1. The Morgan fingerprint density at radius 3 is 2.76 bits per heavy atom. The molecule has 21 heavy (non-hydrogen) atoms. The highest BCUT2D eigenvalue weighted by Crippen LogP contribution is 2.38. The largest absolute Gasteiger partial charge is 0.492 e. The molecule has 2 N–H and O–H groups in total. The van der Waals surface area contributed by atoms with Crippen molar-refractivity contribution in [3.63, 3.8) is 0 Å². The SMILES string of the molecule is CCOc1cccc(OC2CCCc3ccccc32)c1N. The van der Waals surface area contributed by atoms with Crippen molar-refractivity contribution >= 4 is 5.69 Å². The number of rotatable bonds is 4.